The predicted molar refractivity (Wildman–Crippen MR) is 102 cm³/mol. The average molecular weight is 433 g/mol. The maximum atomic E-state index is 13.3. The summed E-state index contributed by atoms with van der Waals surface area (Å²) in [5.74, 6) is -1.58. The summed E-state index contributed by atoms with van der Waals surface area (Å²) in [7, 11) is 0. The molecule has 29 heavy (non-hydrogen) atoms. The van der Waals surface area contributed by atoms with Gasteiger partial charge in [-0.15, -0.1) is 11.8 Å². The van der Waals surface area contributed by atoms with Crippen LogP contribution in [0.5, 0.6) is 0 Å². The van der Waals surface area contributed by atoms with E-state index in [9.17, 15) is 27.2 Å². The van der Waals surface area contributed by atoms with Gasteiger partial charge >= 0.3 is 6.18 Å². The molecule has 0 amide bonds. The van der Waals surface area contributed by atoms with Crippen LogP contribution in [0.1, 0.15) is 45.1 Å². The number of Topliss-reactive ketones (excluding diaryl/α,β-unsaturated/α-hetero) is 2. The summed E-state index contributed by atoms with van der Waals surface area (Å²) in [6, 6.07) is 2.87. The number of hydroxylamine groups is 1. The van der Waals surface area contributed by atoms with Gasteiger partial charge in [0, 0.05) is 23.4 Å². The van der Waals surface area contributed by atoms with E-state index < -0.39 is 17.6 Å². The van der Waals surface area contributed by atoms with Crippen LogP contribution in [0.2, 0.25) is 0 Å². The van der Waals surface area contributed by atoms with Crippen molar-refractivity contribution in [3.05, 3.63) is 40.8 Å². The topological polar surface area (TPSA) is 55.4 Å². The zero-order valence-electron chi connectivity index (χ0n) is 16.2. The second-order valence-electron chi connectivity index (χ2n) is 6.85. The second-order valence-corrected chi connectivity index (χ2v) is 8.02. The molecular weight excluding hydrogens is 410 g/mol. The normalized spacial score (nSPS) is 17.6. The van der Waals surface area contributed by atoms with E-state index in [2.05, 4.69) is 5.48 Å². The maximum Gasteiger partial charge on any atom is 0.419 e. The van der Waals surface area contributed by atoms with Gasteiger partial charge in [0.05, 0.1) is 17.7 Å². The van der Waals surface area contributed by atoms with Crippen LogP contribution in [0.25, 0.3) is 0 Å². The average Bonchev–Trinajstić information content (AvgIpc) is 2.62. The first-order valence-electron chi connectivity index (χ1n) is 9.28. The summed E-state index contributed by atoms with van der Waals surface area (Å²) >= 11 is 1.14. The number of thioether (sulfide) groups is 1. The lowest BCUT2D eigenvalue weighted by Crippen LogP contribution is -2.30. The number of rotatable bonds is 8. The first kappa shape index (κ1) is 23.4. The zero-order valence-corrected chi connectivity index (χ0v) is 17.0. The van der Waals surface area contributed by atoms with Crippen molar-refractivity contribution in [1.29, 1.82) is 0 Å². The second kappa shape index (κ2) is 10.2. The number of hydrogen-bond acceptors (Lipinski definition) is 5. The van der Waals surface area contributed by atoms with E-state index in [4.69, 9.17) is 4.84 Å². The number of nitrogens with one attached hydrogen (secondary N) is 1. The van der Waals surface area contributed by atoms with Crippen LogP contribution in [-0.4, -0.2) is 23.9 Å². The Morgan fingerprint density at radius 1 is 1.24 bits per heavy atom. The monoisotopic (exact) mass is 433 g/mol. The third-order valence-electron chi connectivity index (χ3n) is 4.45. The quantitative estimate of drug-likeness (QED) is 0.155. The number of carbonyl (C=O) groups excluding carboxylic acids is 2. The van der Waals surface area contributed by atoms with Gasteiger partial charge in [-0.1, -0.05) is 6.92 Å². The number of carbonyl (C=O) groups is 2. The third kappa shape index (κ3) is 6.57. The highest BCUT2D eigenvalue weighted by Gasteiger charge is 2.34. The minimum atomic E-state index is -4.75. The number of halogens is 4. The fourth-order valence-corrected chi connectivity index (χ4v) is 4.10. The van der Waals surface area contributed by atoms with Crippen LogP contribution in [-0.2, 0) is 20.6 Å². The molecule has 0 saturated heterocycles. The van der Waals surface area contributed by atoms with Crippen LogP contribution in [0.15, 0.2) is 34.4 Å². The molecule has 0 unspecified atom stereocenters. The number of alkyl halides is 3. The van der Waals surface area contributed by atoms with Crippen LogP contribution >= 0.6 is 11.8 Å². The molecule has 1 N–H and O–H groups in total. The van der Waals surface area contributed by atoms with Gasteiger partial charge in [-0.25, -0.2) is 4.39 Å². The molecule has 9 heteroatoms. The van der Waals surface area contributed by atoms with E-state index in [0.717, 1.165) is 30.3 Å². The molecule has 160 valence electrons. The van der Waals surface area contributed by atoms with E-state index in [1.807, 2.05) is 6.92 Å². The molecule has 1 aromatic rings. The number of hydrogen-bond donors (Lipinski definition) is 1. The first-order valence-corrected chi connectivity index (χ1v) is 10.3. The van der Waals surface area contributed by atoms with Crippen molar-refractivity contribution in [2.75, 3.05) is 12.4 Å². The van der Waals surface area contributed by atoms with E-state index in [1.54, 1.807) is 6.92 Å². The summed E-state index contributed by atoms with van der Waals surface area (Å²) in [6.45, 7) is 4.00. The molecule has 0 aromatic heterocycles. The van der Waals surface area contributed by atoms with Crippen LogP contribution in [0.3, 0.4) is 0 Å². The predicted octanol–water partition coefficient (Wildman–Crippen LogP) is 5.08. The van der Waals surface area contributed by atoms with Gasteiger partial charge in [-0.3, -0.25) is 19.9 Å². The van der Waals surface area contributed by atoms with Crippen molar-refractivity contribution < 1.29 is 32.0 Å². The van der Waals surface area contributed by atoms with E-state index >= 15 is 0 Å². The molecule has 4 nitrogen and oxygen atoms in total. The van der Waals surface area contributed by atoms with Crippen molar-refractivity contribution in [3.8, 4) is 0 Å². The molecule has 0 bridgehead atoms. The third-order valence-corrected chi connectivity index (χ3v) is 5.48. The van der Waals surface area contributed by atoms with E-state index in [0.29, 0.717) is 29.4 Å². The molecule has 1 aliphatic rings. The molecule has 1 aromatic carbocycles. The lowest BCUT2D eigenvalue weighted by molar-refractivity contribution is -0.140. The molecule has 0 aliphatic heterocycles. The molecule has 0 spiro atoms. The van der Waals surface area contributed by atoms with Gasteiger partial charge in [-0.2, -0.15) is 13.2 Å². The summed E-state index contributed by atoms with van der Waals surface area (Å²) in [6.07, 6.45) is -3.07. The summed E-state index contributed by atoms with van der Waals surface area (Å²) < 4.78 is 51.7. The van der Waals surface area contributed by atoms with Gasteiger partial charge in [0.25, 0.3) is 0 Å². The van der Waals surface area contributed by atoms with Crippen molar-refractivity contribution in [2.24, 2.45) is 5.92 Å². The highest BCUT2D eigenvalue weighted by Crippen LogP contribution is 2.35. The largest absolute Gasteiger partial charge is 0.419 e. The summed E-state index contributed by atoms with van der Waals surface area (Å²) in [5.41, 5.74) is 1.85. The number of ketones is 2. The molecular formula is C20H23F4NO3S. The Bertz CT molecular complexity index is 772. The van der Waals surface area contributed by atoms with Gasteiger partial charge in [0.15, 0.2) is 11.6 Å². The molecule has 1 aliphatic carbocycles. The Balaban J connectivity index is 1.92. The Morgan fingerprint density at radius 2 is 1.90 bits per heavy atom. The van der Waals surface area contributed by atoms with Crippen molar-refractivity contribution in [2.45, 2.75) is 50.6 Å². The minimum absolute atomic E-state index is 0.123. The lowest BCUT2D eigenvalue weighted by Gasteiger charge is -2.23. The Kier molecular flexibility index (Phi) is 8.27. The van der Waals surface area contributed by atoms with Crippen molar-refractivity contribution >= 4 is 23.3 Å². The standard InChI is InChI=1S/C20H23F4NO3S/c1-3-7-28-25-12(2)19-17(26)9-13(10-18(19)27)6-8-29-14-4-5-16(21)15(11-14)20(22,23)24/h4-5,11,13,25H,3,6-10H2,1-2H3. The molecule has 1 fully saturated rings. The lowest BCUT2D eigenvalue weighted by atomic mass is 9.82. The summed E-state index contributed by atoms with van der Waals surface area (Å²) in [5, 5.41) is 0. The van der Waals surface area contributed by atoms with Crippen molar-refractivity contribution in [3.63, 3.8) is 0 Å². The number of allylic oxidation sites excluding steroid dienone is 2. The van der Waals surface area contributed by atoms with E-state index in [-0.39, 0.29) is 35.9 Å². The van der Waals surface area contributed by atoms with Gasteiger partial charge in [-0.05, 0) is 49.6 Å². The first-order chi connectivity index (χ1) is 13.6. The van der Waals surface area contributed by atoms with Gasteiger partial charge in [0.1, 0.15) is 5.82 Å². The Morgan fingerprint density at radius 3 is 2.48 bits per heavy atom. The molecule has 2 rings (SSSR count). The smallest absolute Gasteiger partial charge is 0.294 e. The van der Waals surface area contributed by atoms with Gasteiger partial charge in [0.2, 0.25) is 0 Å². The van der Waals surface area contributed by atoms with Gasteiger partial charge < -0.3 is 0 Å². The van der Waals surface area contributed by atoms with Crippen LogP contribution in [0, 0.1) is 11.7 Å². The molecule has 0 atom stereocenters. The SMILES string of the molecule is CCCONC(C)=C1C(=O)CC(CCSc2ccc(F)c(C(F)(F)F)c2)CC1=O. The maximum absolute atomic E-state index is 13.3. The van der Waals surface area contributed by atoms with Crippen LogP contribution < -0.4 is 5.48 Å². The van der Waals surface area contributed by atoms with Crippen molar-refractivity contribution in [1.82, 2.24) is 5.48 Å². The minimum Gasteiger partial charge on any atom is -0.294 e. The molecule has 1 saturated carbocycles. The fraction of sp³-hybridized carbons (Fsp3) is 0.500. The summed E-state index contributed by atoms with van der Waals surface area (Å²) in [4.78, 5) is 30.2. The fourth-order valence-electron chi connectivity index (χ4n) is 3.05. The number of benzene rings is 1. The Labute approximate surface area is 171 Å². The Hall–Kier alpha value is -1.87. The zero-order chi connectivity index (χ0) is 21.6. The highest BCUT2D eigenvalue weighted by atomic mass is 32.2. The highest BCUT2D eigenvalue weighted by molar-refractivity contribution is 7.99. The van der Waals surface area contributed by atoms with Crippen LogP contribution in [0.4, 0.5) is 17.6 Å². The van der Waals surface area contributed by atoms with E-state index in [1.165, 1.54) is 6.07 Å². The molecule has 0 radical (unpaired) electrons. The molecule has 0 heterocycles.